The van der Waals surface area contributed by atoms with Gasteiger partial charge in [-0.25, -0.2) is 4.79 Å². The number of esters is 1. The molecule has 1 aliphatic rings. The Hall–Kier alpha value is -2.27. The van der Waals surface area contributed by atoms with Gasteiger partial charge >= 0.3 is 5.97 Å². The summed E-state index contributed by atoms with van der Waals surface area (Å²) in [6.07, 6.45) is 2.26. The van der Waals surface area contributed by atoms with Crippen molar-refractivity contribution in [3.8, 4) is 5.75 Å². The van der Waals surface area contributed by atoms with Crippen LogP contribution in [0.2, 0.25) is 5.02 Å². The standard InChI is InChI=1S/C18H18ClNO4/c1-10-7-14(11(2)20(10)13-4-5-13)17(22)9-24-18(23)15-8-12(19)3-6-16(15)21/h3,6-8,13,21H,4-5,9H2,1-2H3. The molecule has 1 aromatic heterocycles. The van der Waals surface area contributed by atoms with E-state index >= 15 is 0 Å². The molecule has 0 aliphatic heterocycles. The zero-order valence-corrected chi connectivity index (χ0v) is 14.3. The van der Waals surface area contributed by atoms with Crippen LogP contribution in [-0.4, -0.2) is 28.0 Å². The highest BCUT2D eigenvalue weighted by Gasteiger charge is 2.28. The van der Waals surface area contributed by atoms with Crippen molar-refractivity contribution >= 4 is 23.4 Å². The van der Waals surface area contributed by atoms with E-state index in [0.29, 0.717) is 16.6 Å². The smallest absolute Gasteiger partial charge is 0.342 e. The quantitative estimate of drug-likeness (QED) is 0.659. The highest BCUT2D eigenvalue weighted by Crippen LogP contribution is 2.38. The Morgan fingerprint density at radius 2 is 1.96 bits per heavy atom. The number of ether oxygens (including phenoxy) is 1. The average Bonchev–Trinajstić information content (AvgIpc) is 3.32. The largest absolute Gasteiger partial charge is 0.507 e. The van der Waals surface area contributed by atoms with Gasteiger partial charge in [0.05, 0.1) is 0 Å². The second-order valence-electron chi connectivity index (χ2n) is 6.05. The van der Waals surface area contributed by atoms with Gasteiger partial charge < -0.3 is 14.4 Å². The first-order valence-electron chi connectivity index (χ1n) is 7.75. The van der Waals surface area contributed by atoms with Gasteiger partial charge in [0.1, 0.15) is 11.3 Å². The molecule has 0 spiro atoms. The van der Waals surface area contributed by atoms with Crippen molar-refractivity contribution in [2.75, 3.05) is 6.61 Å². The number of carbonyl (C=O) groups excluding carboxylic acids is 2. The Morgan fingerprint density at radius 1 is 1.25 bits per heavy atom. The Bertz CT molecular complexity index is 821. The second kappa shape index (κ2) is 6.32. The van der Waals surface area contributed by atoms with Crippen LogP contribution in [0.1, 0.15) is 51.0 Å². The van der Waals surface area contributed by atoms with Crippen LogP contribution >= 0.6 is 11.6 Å². The third-order valence-electron chi connectivity index (χ3n) is 4.21. The van der Waals surface area contributed by atoms with Crippen LogP contribution in [0.3, 0.4) is 0 Å². The molecule has 2 aromatic rings. The van der Waals surface area contributed by atoms with Crippen molar-refractivity contribution in [2.24, 2.45) is 0 Å². The zero-order chi connectivity index (χ0) is 17.4. The number of rotatable bonds is 5. The Morgan fingerprint density at radius 3 is 2.62 bits per heavy atom. The summed E-state index contributed by atoms with van der Waals surface area (Å²) in [5.74, 6) is -1.27. The van der Waals surface area contributed by atoms with E-state index in [0.717, 1.165) is 24.2 Å². The minimum Gasteiger partial charge on any atom is -0.507 e. The highest BCUT2D eigenvalue weighted by atomic mass is 35.5. The number of hydrogen-bond donors (Lipinski definition) is 1. The maximum absolute atomic E-state index is 12.4. The molecule has 1 fully saturated rings. The van der Waals surface area contributed by atoms with Crippen LogP contribution in [0.15, 0.2) is 24.3 Å². The lowest BCUT2D eigenvalue weighted by atomic mass is 10.1. The fourth-order valence-corrected chi connectivity index (χ4v) is 3.08. The first-order chi connectivity index (χ1) is 11.4. The van der Waals surface area contributed by atoms with Crippen molar-refractivity contribution in [3.63, 3.8) is 0 Å². The topological polar surface area (TPSA) is 68.5 Å². The van der Waals surface area contributed by atoms with Crippen molar-refractivity contribution in [1.29, 1.82) is 0 Å². The zero-order valence-electron chi connectivity index (χ0n) is 13.5. The minimum absolute atomic E-state index is 0.0567. The molecule has 5 nitrogen and oxygen atoms in total. The van der Waals surface area contributed by atoms with E-state index in [9.17, 15) is 14.7 Å². The predicted octanol–water partition coefficient (Wildman–Crippen LogP) is 3.84. The van der Waals surface area contributed by atoms with Gasteiger partial charge in [0.15, 0.2) is 6.61 Å². The number of ketones is 1. The maximum Gasteiger partial charge on any atom is 0.342 e. The molecule has 0 atom stereocenters. The summed E-state index contributed by atoms with van der Waals surface area (Å²) < 4.78 is 7.21. The number of nitrogens with zero attached hydrogens (tertiary/aromatic N) is 1. The molecule has 0 saturated heterocycles. The number of aryl methyl sites for hydroxylation is 1. The van der Waals surface area contributed by atoms with Gasteiger partial charge in [-0.2, -0.15) is 0 Å². The monoisotopic (exact) mass is 347 g/mol. The number of Topliss-reactive ketones (excluding diaryl/α,β-unsaturated/α-hetero) is 1. The van der Waals surface area contributed by atoms with Crippen LogP contribution in [0, 0.1) is 13.8 Å². The van der Waals surface area contributed by atoms with Gasteiger partial charge in [-0.3, -0.25) is 4.79 Å². The lowest BCUT2D eigenvalue weighted by molar-refractivity contribution is 0.0471. The van der Waals surface area contributed by atoms with Gasteiger partial charge in [-0.15, -0.1) is 0 Å². The minimum atomic E-state index is -0.778. The van der Waals surface area contributed by atoms with Crippen molar-refractivity contribution in [1.82, 2.24) is 4.57 Å². The molecule has 1 saturated carbocycles. The molecule has 24 heavy (non-hydrogen) atoms. The molecule has 6 heteroatoms. The summed E-state index contributed by atoms with van der Waals surface area (Å²) in [7, 11) is 0. The summed E-state index contributed by atoms with van der Waals surface area (Å²) in [6, 6.07) is 6.40. The number of hydrogen-bond acceptors (Lipinski definition) is 4. The Kier molecular flexibility index (Phi) is 4.37. The molecular weight excluding hydrogens is 330 g/mol. The number of phenols is 1. The molecule has 1 heterocycles. The first kappa shape index (κ1) is 16.6. The van der Waals surface area contributed by atoms with Crippen LogP contribution in [-0.2, 0) is 4.74 Å². The van der Waals surface area contributed by atoms with Gasteiger partial charge in [-0.05, 0) is 51.0 Å². The third kappa shape index (κ3) is 3.17. The lowest BCUT2D eigenvalue weighted by Crippen LogP contribution is -2.15. The molecule has 0 bridgehead atoms. The van der Waals surface area contributed by atoms with Gasteiger partial charge in [-0.1, -0.05) is 11.6 Å². The molecule has 3 rings (SSSR count). The van der Waals surface area contributed by atoms with E-state index in [1.54, 1.807) is 0 Å². The molecule has 1 N–H and O–H groups in total. The number of aromatic nitrogens is 1. The van der Waals surface area contributed by atoms with Gasteiger partial charge in [0.2, 0.25) is 5.78 Å². The Balaban J connectivity index is 1.71. The maximum atomic E-state index is 12.4. The summed E-state index contributed by atoms with van der Waals surface area (Å²) in [6.45, 7) is 3.50. The number of aromatic hydroxyl groups is 1. The highest BCUT2D eigenvalue weighted by molar-refractivity contribution is 6.31. The summed E-state index contributed by atoms with van der Waals surface area (Å²) in [5, 5.41) is 10.00. The number of carbonyl (C=O) groups is 2. The lowest BCUT2D eigenvalue weighted by Gasteiger charge is -2.08. The van der Waals surface area contributed by atoms with E-state index in [4.69, 9.17) is 16.3 Å². The van der Waals surface area contributed by atoms with Crippen LogP contribution in [0.5, 0.6) is 5.75 Å². The molecule has 0 radical (unpaired) electrons. The van der Waals surface area contributed by atoms with E-state index in [1.165, 1.54) is 18.2 Å². The van der Waals surface area contributed by atoms with Crippen LogP contribution < -0.4 is 0 Å². The summed E-state index contributed by atoms with van der Waals surface area (Å²) in [5.41, 5.74) is 2.46. The van der Waals surface area contributed by atoms with E-state index in [-0.39, 0.29) is 23.7 Å². The molecular formula is C18H18ClNO4. The van der Waals surface area contributed by atoms with E-state index in [2.05, 4.69) is 4.57 Å². The number of benzene rings is 1. The predicted molar refractivity (Wildman–Crippen MR) is 89.9 cm³/mol. The molecule has 0 unspecified atom stereocenters. The molecule has 1 aromatic carbocycles. The molecule has 126 valence electrons. The normalized spacial score (nSPS) is 13.8. The average molecular weight is 348 g/mol. The Labute approximate surface area is 144 Å². The summed E-state index contributed by atoms with van der Waals surface area (Å²) in [4.78, 5) is 24.4. The van der Waals surface area contributed by atoms with Crippen LogP contribution in [0.4, 0.5) is 0 Å². The van der Waals surface area contributed by atoms with E-state index in [1.807, 2.05) is 19.9 Å². The van der Waals surface area contributed by atoms with Crippen molar-refractivity contribution in [2.45, 2.75) is 32.7 Å². The van der Waals surface area contributed by atoms with Crippen molar-refractivity contribution in [3.05, 3.63) is 51.8 Å². The van der Waals surface area contributed by atoms with Crippen molar-refractivity contribution < 1.29 is 19.4 Å². The molecule has 0 amide bonds. The number of halogens is 1. The van der Waals surface area contributed by atoms with Gasteiger partial charge in [0.25, 0.3) is 0 Å². The first-order valence-corrected chi connectivity index (χ1v) is 8.13. The summed E-state index contributed by atoms with van der Waals surface area (Å²) >= 11 is 5.81. The second-order valence-corrected chi connectivity index (χ2v) is 6.48. The SMILES string of the molecule is Cc1cc(C(=O)COC(=O)c2cc(Cl)ccc2O)c(C)n1C1CC1. The number of phenolic OH excluding ortho intramolecular Hbond substituents is 1. The van der Waals surface area contributed by atoms with E-state index < -0.39 is 5.97 Å². The fraction of sp³-hybridized carbons (Fsp3) is 0.333. The van der Waals surface area contributed by atoms with Crippen LogP contribution in [0.25, 0.3) is 0 Å². The third-order valence-corrected chi connectivity index (χ3v) is 4.44. The van der Waals surface area contributed by atoms with Gasteiger partial charge in [0, 0.05) is 28.0 Å². The molecule has 1 aliphatic carbocycles. The fourth-order valence-electron chi connectivity index (χ4n) is 2.91.